The van der Waals surface area contributed by atoms with E-state index < -0.39 is 0 Å². The summed E-state index contributed by atoms with van der Waals surface area (Å²) in [6.07, 6.45) is 21.0. The largest absolute Gasteiger partial charge is 0.311 e. The Bertz CT molecular complexity index is 741. The molecule has 214 valence electrons. The molecule has 0 spiro atoms. The number of hydrogen-bond donors (Lipinski definition) is 1. The molecule has 0 bridgehead atoms. The van der Waals surface area contributed by atoms with E-state index in [0.717, 1.165) is 71.3 Å². The fraction of sp³-hybridized carbons (Fsp3) is 1.00. The molecule has 10 unspecified atom stereocenters. The van der Waals surface area contributed by atoms with Gasteiger partial charge in [-0.3, -0.25) is 0 Å². The van der Waals surface area contributed by atoms with E-state index in [9.17, 15) is 0 Å². The van der Waals surface area contributed by atoms with Gasteiger partial charge < -0.3 is 5.32 Å². The minimum absolute atomic E-state index is 0.472. The average molecular weight is 512 g/mol. The number of fused-ring (bicyclic) bond motifs is 2. The molecule has 1 N–H and O–H groups in total. The number of rotatable bonds is 3. The van der Waals surface area contributed by atoms with E-state index in [1.165, 1.54) is 83.5 Å². The van der Waals surface area contributed by atoms with Crippen LogP contribution in [0.25, 0.3) is 0 Å². The van der Waals surface area contributed by atoms with Crippen molar-refractivity contribution in [2.75, 3.05) is 0 Å². The second kappa shape index (κ2) is 11.1. The third kappa shape index (κ3) is 6.17. The Labute approximate surface area is 232 Å². The molecule has 1 nitrogen and oxygen atoms in total. The quantitative estimate of drug-likeness (QED) is 0.397. The van der Waals surface area contributed by atoms with Gasteiger partial charge in [-0.1, -0.05) is 74.7 Å². The van der Waals surface area contributed by atoms with Crippen molar-refractivity contribution in [3.63, 3.8) is 0 Å². The summed E-state index contributed by atoms with van der Waals surface area (Å²) in [5.41, 5.74) is 0.957. The van der Waals surface area contributed by atoms with Gasteiger partial charge in [0, 0.05) is 12.1 Å². The van der Waals surface area contributed by atoms with Gasteiger partial charge in [0.05, 0.1) is 0 Å². The topological polar surface area (TPSA) is 12.0 Å². The fourth-order valence-electron chi connectivity index (χ4n) is 11.0. The predicted molar refractivity (Wildman–Crippen MR) is 161 cm³/mol. The maximum absolute atomic E-state index is 4.55. The van der Waals surface area contributed by atoms with E-state index in [1.807, 2.05) is 0 Å². The van der Waals surface area contributed by atoms with Crippen molar-refractivity contribution in [2.45, 2.75) is 157 Å². The van der Waals surface area contributed by atoms with E-state index in [0.29, 0.717) is 10.8 Å². The maximum Gasteiger partial charge on any atom is 0.0132 e. The molecule has 5 saturated carbocycles. The second-order valence-corrected chi connectivity index (χ2v) is 17.6. The maximum atomic E-state index is 4.55. The Kier molecular flexibility index (Phi) is 8.54. The van der Waals surface area contributed by atoms with Gasteiger partial charge >= 0.3 is 0 Å². The van der Waals surface area contributed by atoms with Crippen LogP contribution in [-0.2, 0) is 0 Å². The van der Waals surface area contributed by atoms with Crippen LogP contribution in [0, 0.1) is 70.0 Å². The van der Waals surface area contributed by atoms with Crippen LogP contribution in [0.3, 0.4) is 0 Å². The zero-order valence-electron chi connectivity index (χ0n) is 26.3. The van der Waals surface area contributed by atoms with Gasteiger partial charge in [0.1, 0.15) is 0 Å². The van der Waals surface area contributed by atoms with E-state index in [2.05, 4.69) is 60.7 Å². The zero-order valence-corrected chi connectivity index (χ0v) is 26.3. The van der Waals surface area contributed by atoms with Gasteiger partial charge in [0.25, 0.3) is 0 Å². The molecule has 37 heavy (non-hydrogen) atoms. The van der Waals surface area contributed by atoms with Crippen molar-refractivity contribution in [2.24, 2.45) is 70.0 Å². The van der Waals surface area contributed by atoms with E-state index in [-0.39, 0.29) is 0 Å². The molecule has 0 radical (unpaired) electrons. The van der Waals surface area contributed by atoms with Gasteiger partial charge in [0.2, 0.25) is 0 Å². The molecule has 5 fully saturated rings. The summed E-state index contributed by atoms with van der Waals surface area (Å²) in [7, 11) is 0. The van der Waals surface area contributed by atoms with Crippen molar-refractivity contribution in [3.05, 3.63) is 0 Å². The van der Waals surface area contributed by atoms with Crippen molar-refractivity contribution in [1.82, 2.24) is 5.32 Å². The molecule has 0 aromatic carbocycles. The SMILES string of the molecule is CC1CCCCC1C1CCC(NC2C3CCC(C(C)(C)C)CC3C[C@H]3CCC(C(C)(C)C)CC23)C[C@@H]1C. The molecule has 0 amide bonds. The molecular weight excluding hydrogens is 446 g/mol. The van der Waals surface area contributed by atoms with Crippen LogP contribution in [0.5, 0.6) is 0 Å². The zero-order chi connectivity index (χ0) is 26.5. The van der Waals surface area contributed by atoms with Crippen molar-refractivity contribution >= 4 is 0 Å². The first-order chi connectivity index (χ1) is 17.4. The fourth-order valence-corrected chi connectivity index (χ4v) is 11.0. The second-order valence-electron chi connectivity index (χ2n) is 17.6. The summed E-state index contributed by atoms with van der Waals surface area (Å²) in [6, 6.07) is 1.59. The lowest BCUT2D eigenvalue weighted by Gasteiger charge is -2.57. The summed E-state index contributed by atoms with van der Waals surface area (Å²) in [5, 5.41) is 4.55. The van der Waals surface area contributed by atoms with E-state index in [4.69, 9.17) is 0 Å². The molecule has 5 aliphatic rings. The summed E-state index contributed by atoms with van der Waals surface area (Å²) in [4.78, 5) is 0. The molecule has 12 atom stereocenters. The lowest BCUT2D eigenvalue weighted by molar-refractivity contribution is -0.0457. The number of nitrogens with one attached hydrogen (secondary N) is 1. The van der Waals surface area contributed by atoms with Gasteiger partial charge in [0.15, 0.2) is 0 Å². The van der Waals surface area contributed by atoms with Crippen LogP contribution < -0.4 is 5.32 Å². The first kappa shape index (κ1) is 28.5. The van der Waals surface area contributed by atoms with Crippen molar-refractivity contribution in [1.29, 1.82) is 0 Å². The lowest BCUT2D eigenvalue weighted by atomic mass is 9.52. The van der Waals surface area contributed by atoms with Crippen molar-refractivity contribution < 1.29 is 0 Å². The Morgan fingerprint density at radius 1 is 0.486 bits per heavy atom. The normalized spacial score (nSPS) is 47.7. The van der Waals surface area contributed by atoms with E-state index >= 15 is 0 Å². The van der Waals surface area contributed by atoms with Crippen LogP contribution in [0.4, 0.5) is 0 Å². The highest BCUT2D eigenvalue weighted by Gasteiger charge is 2.51. The van der Waals surface area contributed by atoms with Crippen LogP contribution >= 0.6 is 0 Å². The van der Waals surface area contributed by atoms with Crippen LogP contribution in [0.15, 0.2) is 0 Å². The third-order valence-electron chi connectivity index (χ3n) is 13.5. The summed E-state index contributed by atoms with van der Waals surface area (Å²) in [6.45, 7) is 20.3. The molecule has 0 aromatic heterocycles. The number of hydrogen-bond acceptors (Lipinski definition) is 1. The van der Waals surface area contributed by atoms with Gasteiger partial charge in [-0.15, -0.1) is 0 Å². The monoisotopic (exact) mass is 512 g/mol. The summed E-state index contributed by atoms with van der Waals surface area (Å²) >= 11 is 0. The molecule has 5 rings (SSSR count). The standard InChI is InChI=1S/C36H65N/c1-23-11-9-10-12-30(23)31-18-16-29(19-24(31)2)37-34-32-17-15-27(35(3,4)5)21-26(32)20-25-13-14-28(22-33(25)34)36(6,7)8/h23-34,37H,9-22H2,1-8H3/t23?,24-,25+,26?,27?,28?,29?,30?,31?,32?,33?,34?/m0/s1. The molecule has 0 saturated heterocycles. The van der Waals surface area contributed by atoms with Crippen LogP contribution in [-0.4, -0.2) is 12.1 Å². The molecule has 0 heterocycles. The Balaban J connectivity index is 1.30. The van der Waals surface area contributed by atoms with E-state index in [1.54, 1.807) is 6.42 Å². The molecule has 0 aromatic rings. The third-order valence-corrected chi connectivity index (χ3v) is 13.5. The van der Waals surface area contributed by atoms with Crippen LogP contribution in [0.1, 0.15) is 145 Å². The lowest BCUT2D eigenvalue weighted by Crippen LogP contribution is -2.58. The molecular formula is C36H65N. The highest BCUT2D eigenvalue weighted by molar-refractivity contribution is 5.04. The predicted octanol–water partition coefficient (Wildman–Crippen LogP) is 10.1. The minimum atomic E-state index is 0.472. The highest BCUT2D eigenvalue weighted by atomic mass is 15.0. The van der Waals surface area contributed by atoms with Crippen LogP contribution in [0.2, 0.25) is 0 Å². The minimum Gasteiger partial charge on any atom is -0.311 e. The highest BCUT2D eigenvalue weighted by Crippen LogP contribution is 2.56. The molecule has 5 aliphatic carbocycles. The van der Waals surface area contributed by atoms with Gasteiger partial charge in [-0.05, 0) is 141 Å². The Morgan fingerprint density at radius 3 is 1.78 bits per heavy atom. The van der Waals surface area contributed by atoms with Gasteiger partial charge in [-0.2, -0.15) is 0 Å². The molecule has 1 heteroatoms. The summed E-state index contributed by atoms with van der Waals surface area (Å²) < 4.78 is 0. The Morgan fingerprint density at radius 2 is 1.11 bits per heavy atom. The average Bonchev–Trinajstić information content (AvgIpc) is 2.83. The van der Waals surface area contributed by atoms with Crippen molar-refractivity contribution in [3.8, 4) is 0 Å². The Hall–Kier alpha value is -0.0400. The van der Waals surface area contributed by atoms with Gasteiger partial charge in [-0.25, -0.2) is 0 Å². The first-order valence-corrected chi connectivity index (χ1v) is 17.2. The summed E-state index contributed by atoms with van der Waals surface area (Å²) in [5.74, 6) is 9.63. The smallest absolute Gasteiger partial charge is 0.0132 e. The first-order valence-electron chi connectivity index (χ1n) is 17.2. The molecule has 0 aliphatic heterocycles.